The Kier molecular flexibility index (Phi) is 5.19. The van der Waals surface area contributed by atoms with Gasteiger partial charge in [-0.05, 0) is 63.4 Å². The molecule has 1 aromatic rings. The SMILES string of the molecule is CC(C)(COc1c(Br)cc(CN)cc1Br)C(=O)O. The Morgan fingerprint density at radius 3 is 2.28 bits per heavy atom. The third-order valence-electron chi connectivity index (χ3n) is 2.45. The minimum atomic E-state index is -0.939. The molecule has 0 saturated carbocycles. The largest absolute Gasteiger partial charge is 0.490 e. The maximum Gasteiger partial charge on any atom is 0.312 e. The summed E-state index contributed by atoms with van der Waals surface area (Å²) in [5.74, 6) is -0.310. The molecule has 1 aromatic carbocycles. The predicted molar refractivity (Wildman–Crippen MR) is 76.6 cm³/mol. The quantitative estimate of drug-likeness (QED) is 0.822. The Hall–Kier alpha value is -0.590. The number of carboxylic acids is 1. The second-order valence-corrected chi connectivity index (χ2v) is 6.28. The van der Waals surface area contributed by atoms with E-state index in [9.17, 15) is 4.79 Å². The molecule has 0 radical (unpaired) electrons. The van der Waals surface area contributed by atoms with Gasteiger partial charge < -0.3 is 15.6 Å². The van der Waals surface area contributed by atoms with Gasteiger partial charge in [0.25, 0.3) is 0 Å². The van der Waals surface area contributed by atoms with Crippen molar-refractivity contribution in [2.75, 3.05) is 6.61 Å². The van der Waals surface area contributed by atoms with Crippen molar-refractivity contribution in [3.05, 3.63) is 26.6 Å². The van der Waals surface area contributed by atoms with E-state index in [4.69, 9.17) is 15.6 Å². The zero-order chi connectivity index (χ0) is 13.9. The van der Waals surface area contributed by atoms with Gasteiger partial charge in [0.2, 0.25) is 0 Å². The highest BCUT2D eigenvalue weighted by atomic mass is 79.9. The Morgan fingerprint density at radius 2 is 1.89 bits per heavy atom. The number of carboxylic acid groups (broad SMARTS) is 1. The van der Waals surface area contributed by atoms with Crippen LogP contribution in [0.25, 0.3) is 0 Å². The van der Waals surface area contributed by atoms with Gasteiger partial charge in [0.05, 0.1) is 14.4 Å². The molecule has 1 rings (SSSR count). The number of hydrogen-bond donors (Lipinski definition) is 2. The van der Waals surface area contributed by atoms with Gasteiger partial charge in [-0.15, -0.1) is 0 Å². The summed E-state index contributed by atoms with van der Waals surface area (Å²) in [5.41, 5.74) is 5.58. The van der Waals surface area contributed by atoms with Gasteiger partial charge in [-0.1, -0.05) is 0 Å². The van der Waals surface area contributed by atoms with Crippen LogP contribution >= 0.6 is 31.9 Å². The van der Waals surface area contributed by atoms with E-state index in [1.54, 1.807) is 13.8 Å². The van der Waals surface area contributed by atoms with E-state index in [-0.39, 0.29) is 6.61 Å². The Morgan fingerprint density at radius 1 is 1.39 bits per heavy atom. The fourth-order valence-electron chi connectivity index (χ4n) is 1.18. The van der Waals surface area contributed by atoms with E-state index in [1.807, 2.05) is 12.1 Å². The molecule has 0 atom stereocenters. The lowest BCUT2D eigenvalue weighted by Gasteiger charge is -2.21. The van der Waals surface area contributed by atoms with E-state index in [0.717, 1.165) is 14.5 Å². The Balaban J connectivity index is 2.89. The van der Waals surface area contributed by atoms with E-state index in [1.165, 1.54) is 0 Å². The van der Waals surface area contributed by atoms with Crippen LogP contribution in [0.3, 0.4) is 0 Å². The molecule has 6 heteroatoms. The number of halogens is 2. The van der Waals surface area contributed by atoms with Gasteiger partial charge in [0, 0.05) is 6.54 Å². The molecule has 0 fully saturated rings. The third kappa shape index (κ3) is 3.70. The topological polar surface area (TPSA) is 72.5 Å². The Labute approximate surface area is 123 Å². The minimum Gasteiger partial charge on any atom is -0.490 e. The molecule has 3 N–H and O–H groups in total. The summed E-state index contributed by atoms with van der Waals surface area (Å²) >= 11 is 6.77. The first kappa shape index (κ1) is 15.5. The van der Waals surface area contributed by atoms with Crippen molar-refractivity contribution in [2.24, 2.45) is 11.1 Å². The lowest BCUT2D eigenvalue weighted by Crippen LogP contribution is -2.30. The maximum atomic E-state index is 11.0. The van der Waals surface area contributed by atoms with Crippen LogP contribution in [0.2, 0.25) is 0 Å². The summed E-state index contributed by atoms with van der Waals surface area (Å²) in [6, 6.07) is 3.71. The first-order valence-electron chi connectivity index (χ1n) is 5.32. The zero-order valence-electron chi connectivity index (χ0n) is 10.2. The number of rotatable bonds is 5. The molecular weight excluding hydrogens is 366 g/mol. The highest BCUT2D eigenvalue weighted by Crippen LogP contribution is 2.35. The van der Waals surface area contributed by atoms with Crippen molar-refractivity contribution in [1.82, 2.24) is 0 Å². The van der Waals surface area contributed by atoms with Crippen LogP contribution in [0.1, 0.15) is 19.4 Å². The predicted octanol–water partition coefficient (Wildman–Crippen LogP) is 3.16. The van der Waals surface area contributed by atoms with Crippen LogP contribution in [-0.4, -0.2) is 17.7 Å². The van der Waals surface area contributed by atoms with Crippen molar-refractivity contribution in [3.8, 4) is 5.75 Å². The van der Waals surface area contributed by atoms with E-state index >= 15 is 0 Å². The maximum absolute atomic E-state index is 11.0. The minimum absolute atomic E-state index is 0.0848. The fraction of sp³-hybridized carbons (Fsp3) is 0.417. The summed E-state index contributed by atoms with van der Waals surface area (Å²) in [6.45, 7) is 3.75. The molecule has 0 aliphatic heterocycles. The molecular formula is C12H15Br2NO3. The van der Waals surface area contributed by atoms with Gasteiger partial charge in [0.1, 0.15) is 12.4 Å². The summed E-state index contributed by atoms with van der Waals surface area (Å²) in [5, 5.41) is 9.02. The molecule has 18 heavy (non-hydrogen) atoms. The average molecular weight is 381 g/mol. The molecule has 4 nitrogen and oxygen atoms in total. The number of nitrogens with two attached hydrogens (primary N) is 1. The Bertz CT molecular complexity index is 438. The first-order chi connectivity index (χ1) is 8.27. The first-order valence-corrected chi connectivity index (χ1v) is 6.90. The van der Waals surface area contributed by atoms with Crippen molar-refractivity contribution < 1.29 is 14.6 Å². The van der Waals surface area contributed by atoms with Crippen molar-refractivity contribution in [3.63, 3.8) is 0 Å². The summed E-state index contributed by atoms with van der Waals surface area (Å²) in [7, 11) is 0. The van der Waals surface area contributed by atoms with Gasteiger partial charge in [-0.3, -0.25) is 4.79 Å². The molecule has 0 aliphatic rings. The van der Waals surface area contributed by atoms with Gasteiger partial charge in [-0.25, -0.2) is 0 Å². The number of carbonyl (C=O) groups is 1. The number of aliphatic carboxylic acids is 1. The molecule has 0 spiro atoms. The molecule has 0 aliphatic carbocycles. The monoisotopic (exact) mass is 379 g/mol. The lowest BCUT2D eigenvalue weighted by molar-refractivity contribution is -0.148. The molecule has 0 saturated heterocycles. The average Bonchev–Trinajstić information content (AvgIpc) is 2.27. The van der Waals surface area contributed by atoms with Crippen LogP contribution in [0.15, 0.2) is 21.1 Å². The van der Waals surface area contributed by atoms with Gasteiger partial charge in [0.15, 0.2) is 0 Å². The summed E-state index contributed by atoms with van der Waals surface area (Å²) < 4.78 is 7.08. The van der Waals surface area contributed by atoms with Gasteiger partial charge >= 0.3 is 5.97 Å². The zero-order valence-corrected chi connectivity index (χ0v) is 13.3. The van der Waals surface area contributed by atoms with Crippen molar-refractivity contribution in [1.29, 1.82) is 0 Å². The van der Waals surface area contributed by atoms with Crippen molar-refractivity contribution >= 4 is 37.8 Å². The highest BCUT2D eigenvalue weighted by molar-refractivity contribution is 9.11. The number of hydrogen-bond acceptors (Lipinski definition) is 3. The summed E-state index contributed by atoms with van der Waals surface area (Å²) in [4.78, 5) is 11.0. The fourth-order valence-corrected chi connectivity index (χ4v) is 2.69. The second kappa shape index (κ2) is 6.04. The van der Waals surface area contributed by atoms with Crippen molar-refractivity contribution in [2.45, 2.75) is 20.4 Å². The van der Waals surface area contributed by atoms with Crippen LogP contribution in [0, 0.1) is 5.41 Å². The molecule has 0 bridgehead atoms. The van der Waals surface area contributed by atoms with Gasteiger partial charge in [-0.2, -0.15) is 0 Å². The molecule has 0 unspecified atom stereocenters. The standard InChI is InChI=1S/C12H15Br2NO3/c1-12(2,11(16)17)6-18-10-8(13)3-7(5-15)4-9(10)14/h3-4H,5-6,15H2,1-2H3,(H,16,17). The third-order valence-corrected chi connectivity index (χ3v) is 3.63. The lowest BCUT2D eigenvalue weighted by atomic mass is 9.95. The van der Waals surface area contributed by atoms with E-state index in [2.05, 4.69) is 31.9 Å². The van der Waals surface area contributed by atoms with Crippen LogP contribution < -0.4 is 10.5 Å². The van der Waals surface area contributed by atoms with E-state index < -0.39 is 11.4 Å². The highest BCUT2D eigenvalue weighted by Gasteiger charge is 2.28. The molecule has 0 aromatic heterocycles. The number of ether oxygens (including phenoxy) is 1. The van der Waals surface area contributed by atoms with Crippen LogP contribution in [0.5, 0.6) is 5.75 Å². The molecule has 0 amide bonds. The normalized spacial score (nSPS) is 11.4. The van der Waals surface area contributed by atoms with Crippen LogP contribution in [-0.2, 0) is 11.3 Å². The summed E-state index contributed by atoms with van der Waals surface area (Å²) in [6.07, 6.45) is 0. The van der Waals surface area contributed by atoms with E-state index in [0.29, 0.717) is 12.3 Å². The number of benzene rings is 1. The molecule has 100 valence electrons. The second-order valence-electron chi connectivity index (χ2n) is 4.57. The van der Waals surface area contributed by atoms with Crippen LogP contribution in [0.4, 0.5) is 0 Å². The molecule has 0 heterocycles. The smallest absolute Gasteiger partial charge is 0.312 e.